The van der Waals surface area contributed by atoms with E-state index in [0.717, 1.165) is 80.1 Å². The van der Waals surface area contributed by atoms with Gasteiger partial charge in [-0.05, 0) is 49.6 Å². The third-order valence-electron chi connectivity index (χ3n) is 6.22. The van der Waals surface area contributed by atoms with Crippen molar-refractivity contribution < 1.29 is 14.3 Å². The van der Waals surface area contributed by atoms with Crippen LogP contribution in [0.3, 0.4) is 0 Å². The highest BCUT2D eigenvalue weighted by atomic mass is 35.5. The number of anilines is 1. The van der Waals surface area contributed by atoms with Gasteiger partial charge in [0.15, 0.2) is 5.13 Å². The first-order valence-corrected chi connectivity index (χ1v) is 13.7. The Labute approximate surface area is 216 Å². The number of carbonyl (C=O) groups is 1. The second kappa shape index (κ2) is 12.7. The number of ether oxygens (including phenoxy) is 2. The fourth-order valence-corrected chi connectivity index (χ4v) is 5.53. The molecule has 8 heteroatoms. The van der Waals surface area contributed by atoms with Gasteiger partial charge in [0, 0.05) is 31.7 Å². The lowest BCUT2D eigenvalue weighted by molar-refractivity contribution is 0.0376. The fourth-order valence-electron chi connectivity index (χ4n) is 4.18. The van der Waals surface area contributed by atoms with Crippen molar-refractivity contribution in [2.75, 3.05) is 50.9 Å². The van der Waals surface area contributed by atoms with Gasteiger partial charge < -0.3 is 9.47 Å². The molecular formula is C27H34ClN3O3S. The van der Waals surface area contributed by atoms with E-state index in [1.807, 2.05) is 43.3 Å². The summed E-state index contributed by atoms with van der Waals surface area (Å²) in [6.07, 6.45) is 4.14. The van der Waals surface area contributed by atoms with Crippen molar-refractivity contribution in [3.8, 4) is 5.75 Å². The molecule has 0 radical (unpaired) electrons. The van der Waals surface area contributed by atoms with Crippen LogP contribution in [0, 0.1) is 6.92 Å². The van der Waals surface area contributed by atoms with Crippen LogP contribution < -0.4 is 9.64 Å². The van der Waals surface area contributed by atoms with Crippen LogP contribution in [0.15, 0.2) is 36.4 Å². The minimum absolute atomic E-state index is 0.0705. The highest BCUT2D eigenvalue weighted by molar-refractivity contribution is 7.23. The molecule has 2 aromatic carbocycles. The molecule has 1 saturated heterocycles. The van der Waals surface area contributed by atoms with Crippen LogP contribution in [0.1, 0.15) is 48.5 Å². The zero-order valence-corrected chi connectivity index (χ0v) is 22.2. The molecule has 1 fully saturated rings. The second-order valence-corrected chi connectivity index (χ2v) is 10.3. The number of halogens is 1. The highest BCUT2D eigenvalue weighted by Crippen LogP contribution is 2.36. The van der Waals surface area contributed by atoms with Gasteiger partial charge in [-0.15, -0.1) is 0 Å². The molecule has 1 aliphatic rings. The number of aryl methyl sites for hydroxylation is 1. The van der Waals surface area contributed by atoms with Gasteiger partial charge >= 0.3 is 0 Å². The van der Waals surface area contributed by atoms with Crippen LogP contribution in [0.4, 0.5) is 5.13 Å². The van der Waals surface area contributed by atoms with E-state index in [1.54, 1.807) is 4.90 Å². The number of unbranched alkanes of at least 4 members (excludes halogenated alkanes) is 2. The van der Waals surface area contributed by atoms with Crippen molar-refractivity contribution in [3.05, 3.63) is 52.5 Å². The molecule has 0 saturated carbocycles. The van der Waals surface area contributed by atoms with Gasteiger partial charge in [-0.25, -0.2) is 4.98 Å². The molecule has 0 aliphatic carbocycles. The normalized spacial score (nSPS) is 14.4. The quantitative estimate of drug-likeness (QED) is 0.285. The Morgan fingerprint density at radius 1 is 1.20 bits per heavy atom. The van der Waals surface area contributed by atoms with Crippen LogP contribution in [0.25, 0.3) is 10.2 Å². The first kappa shape index (κ1) is 25.9. The molecule has 0 unspecified atom stereocenters. The van der Waals surface area contributed by atoms with Gasteiger partial charge in [-0.1, -0.05) is 54.8 Å². The molecule has 4 rings (SSSR count). The van der Waals surface area contributed by atoms with E-state index in [4.69, 9.17) is 26.1 Å². The molecule has 3 aromatic rings. The number of aromatic nitrogens is 1. The number of thiazole rings is 1. The van der Waals surface area contributed by atoms with E-state index in [0.29, 0.717) is 28.9 Å². The largest absolute Gasteiger partial charge is 0.494 e. The van der Waals surface area contributed by atoms with Gasteiger partial charge in [0.1, 0.15) is 5.75 Å². The SMILES string of the molecule is CCCCCOc1cccc(C(=O)N(CCCN2CCOCC2)c2nc3c(C)ccc(Cl)c3s2)c1. The Hall–Kier alpha value is -2.19. The Kier molecular flexibility index (Phi) is 9.38. The summed E-state index contributed by atoms with van der Waals surface area (Å²) in [5.41, 5.74) is 2.51. The zero-order valence-electron chi connectivity index (χ0n) is 20.6. The van der Waals surface area contributed by atoms with Crippen LogP contribution in [-0.2, 0) is 4.74 Å². The number of morpholine rings is 1. The molecule has 0 N–H and O–H groups in total. The van der Waals surface area contributed by atoms with E-state index < -0.39 is 0 Å². The summed E-state index contributed by atoms with van der Waals surface area (Å²) in [6.45, 7) is 9.74. The van der Waals surface area contributed by atoms with Crippen LogP contribution in [0.5, 0.6) is 5.75 Å². The first-order valence-electron chi connectivity index (χ1n) is 12.5. The van der Waals surface area contributed by atoms with Gasteiger partial charge in [0.05, 0.1) is 35.1 Å². The van der Waals surface area contributed by atoms with Crippen molar-refractivity contribution in [3.63, 3.8) is 0 Å². The average molecular weight is 516 g/mol. The molecule has 1 aromatic heterocycles. The molecule has 0 bridgehead atoms. The summed E-state index contributed by atoms with van der Waals surface area (Å²) >= 11 is 7.95. The second-order valence-electron chi connectivity index (χ2n) is 8.89. The van der Waals surface area contributed by atoms with Crippen LogP contribution >= 0.6 is 22.9 Å². The first-order chi connectivity index (χ1) is 17.1. The number of hydrogen-bond acceptors (Lipinski definition) is 6. The van der Waals surface area contributed by atoms with Gasteiger partial charge in [-0.3, -0.25) is 14.6 Å². The van der Waals surface area contributed by atoms with E-state index >= 15 is 0 Å². The van der Waals surface area contributed by atoms with Crippen molar-refractivity contribution in [2.45, 2.75) is 39.5 Å². The summed E-state index contributed by atoms with van der Waals surface area (Å²) in [7, 11) is 0. The topological polar surface area (TPSA) is 54.9 Å². The van der Waals surface area contributed by atoms with Crippen molar-refractivity contribution >= 4 is 44.2 Å². The van der Waals surface area contributed by atoms with Crippen molar-refractivity contribution in [1.82, 2.24) is 9.88 Å². The number of carbonyl (C=O) groups excluding carboxylic acids is 1. The van der Waals surface area contributed by atoms with E-state index in [-0.39, 0.29) is 5.91 Å². The van der Waals surface area contributed by atoms with E-state index in [1.165, 1.54) is 11.3 Å². The maximum absolute atomic E-state index is 13.8. The Bertz CT molecular complexity index is 1090. The summed E-state index contributed by atoms with van der Waals surface area (Å²) in [5, 5.41) is 1.34. The maximum Gasteiger partial charge on any atom is 0.260 e. The van der Waals surface area contributed by atoms with Crippen molar-refractivity contribution in [2.24, 2.45) is 0 Å². The zero-order chi connectivity index (χ0) is 24.6. The monoisotopic (exact) mass is 515 g/mol. The van der Waals surface area contributed by atoms with Crippen LogP contribution in [-0.4, -0.2) is 61.8 Å². The Morgan fingerprint density at radius 3 is 2.80 bits per heavy atom. The van der Waals surface area contributed by atoms with Gasteiger partial charge in [0.25, 0.3) is 5.91 Å². The van der Waals surface area contributed by atoms with Crippen LogP contribution in [0.2, 0.25) is 5.02 Å². The Balaban J connectivity index is 1.55. The molecule has 6 nitrogen and oxygen atoms in total. The van der Waals surface area contributed by atoms with E-state index in [9.17, 15) is 4.79 Å². The minimum Gasteiger partial charge on any atom is -0.494 e. The lowest BCUT2D eigenvalue weighted by Gasteiger charge is -2.27. The molecular weight excluding hydrogens is 482 g/mol. The highest BCUT2D eigenvalue weighted by Gasteiger charge is 2.23. The lowest BCUT2D eigenvalue weighted by atomic mass is 10.2. The van der Waals surface area contributed by atoms with Gasteiger partial charge in [0.2, 0.25) is 0 Å². The smallest absolute Gasteiger partial charge is 0.260 e. The fraction of sp³-hybridized carbons (Fsp3) is 0.481. The summed E-state index contributed by atoms with van der Waals surface area (Å²) in [5.74, 6) is 0.655. The number of amides is 1. The average Bonchev–Trinajstić information content (AvgIpc) is 3.34. The number of fused-ring (bicyclic) bond motifs is 1. The predicted octanol–water partition coefficient (Wildman–Crippen LogP) is 6.20. The predicted molar refractivity (Wildman–Crippen MR) is 144 cm³/mol. The molecule has 2 heterocycles. The molecule has 188 valence electrons. The Morgan fingerprint density at radius 2 is 2.03 bits per heavy atom. The number of hydrogen-bond donors (Lipinski definition) is 0. The maximum atomic E-state index is 13.8. The molecule has 1 amide bonds. The van der Waals surface area contributed by atoms with E-state index in [2.05, 4.69) is 11.8 Å². The van der Waals surface area contributed by atoms with Gasteiger partial charge in [-0.2, -0.15) is 0 Å². The molecule has 35 heavy (non-hydrogen) atoms. The number of benzene rings is 2. The minimum atomic E-state index is -0.0705. The third-order valence-corrected chi connectivity index (χ3v) is 7.76. The third kappa shape index (κ3) is 6.73. The molecule has 0 atom stereocenters. The number of nitrogens with zero attached hydrogens (tertiary/aromatic N) is 3. The summed E-state index contributed by atoms with van der Waals surface area (Å²) < 4.78 is 12.3. The summed E-state index contributed by atoms with van der Waals surface area (Å²) in [4.78, 5) is 22.8. The summed E-state index contributed by atoms with van der Waals surface area (Å²) in [6, 6.07) is 11.3. The number of rotatable bonds is 11. The standard InChI is InChI=1S/C27H34ClN3O3S/c1-3-4-5-16-34-22-9-6-8-21(19-22)26(32)31(13-7-12-30-14-17-33-18-15-30)27-29-24-20(2)10-11-23(28)25(24)35-27/h6,8-11,19H,3-5,7,12-18H2,1-2H3. The lowest BCUT2D eigenvalue weighted by Crippen LogP contribution is -2.39. The van der Waals surface area contributed by atoms with Crippen molar-refractivity contribution in [1.29, 1.82) is 0 Å². The molecule has 1 aliphatic heterocycles. The molecule has 0 spiro atoms.